The van der Waals surface area contributed by atoms with Crippen LogP contribution in [0, 0.1) is 23.2 Å². The third-order valence-corrected chi connectivity index (χ3v) is 7.32. The lowest BCUT2D eigenvalue weighted by molar-refractivity contribution is -0.198. The van der Waals surface area contributed by atoms with E-state index in [1.165, 1.54) is 32.1 Å². The van der Waals surface area contributed by atoms with E-state index < -0.39 is 12.4 Å². The smallest absolute Gasteiger partial charge is 0.334 e. The zero-order chi connectivity index (χ0) is 17.4. The van der Waals surface area contributed by atoms with E-state index in [-0.39, 0.29) is 24.1 Å². The quantitative estimate of drug-likeness (QED) is 0.745. The van der Waals surface area contributed by atoms with E-state index in [2.05, 4.69) is 0 Å². The number of aliphatic hydroxyl groups is 1. The number of hydrogen-bond donors (Lipinski definition) is 1. The summed E-state index contributed by atoms with van der Waals surface area (Å²) in [5.74, 6) is 1.93. The average Bonchev–Trinajstić information content (AvgIpc) is 3.29. The van der Waals surface area contributed by atoms with E-state index in [9.17, 15) is 9.90 Å². The molecule has 0 aromatic heterocycles. The Morgan fingerprint density at radius 1 is 1.24 bits per heavy atom. The van der Waals surface area contributed by atoms with E-state index in [0.29, 0.717) is 12.5 Å². The molecule has 2 bridgehead atoms. The van der Waals surface area contributed by atoms with E-state index in [1.807, 2.05) is 6.92 Å². The second-order valence-electron chi connectivity index (χ2n) is 8.70. The van der Waals surface area contributed by atoms with Crippen molar-refractivity contribution in [1.29, 1.82) is 0 Å². The van der Waals surface area contributed by atoms with E-state index in [4.69, 9.17) is 14.2 Å². The van der Waals surface area contributed by atoms with Crippen molar-refractivity contribution in [2.75, 3.05) is 13.2 Å². The molecular weight excluding hydrogens is 320 g/mol. The SMILES string of the molecule is CC(O)C(OCC(=O)OC1CCCCO1)C12CCC(C1)C1CCCC12. The second kappa shape index (κ2) is 7.16. The third kappa shape index (κ3) is 3.24. The molecule has 4 rings (SSSR count). The minimum atomic E-state index is -0.558. The number of hydrogen-bond acceptors (Lipinski definition) is 5. The molecule has 3 aliphatic carbocycles. The Morgan fingerprint density at radius 3 is 2.88 bits per heavy atom. The van der Waals surface area contributed by atoms with Gasteiger partial charge in [0, 0.05) is 11.8 Å². The number of rotatable bonds is 6. The summed E-state index contributed by atoms with van der Waals surface area (Å²) in [5.41, 5.74) is 0.0711. The lowest BCUT2D eigenvalue weighted by Gasteiger charge is -2.43. The molecule has 25 heavy (non-hydrogen) atoms. The third-order valence-electron chi connectivity index (χ3n) is 7.32. The highest BCUT2D eigenvalue weighted by Crippen LogP contribution is 2.67. The van der Waals surface area contributed by atoms with Gasteiger partial charge >= 0.3 is 5.97 Å². The van der Waals surface area contributed by atoms with Crippen molar-refractivity contribution in [3.63, 3.8) is 0 Å². The summed E-state index contributed by atoms with van der Waals surface area (Å²) in [4.78, 5) is 12.2. The molecule has 142 valence electrons. The lowest BCUT2D eigenvalue weighted by Crippen LogP contribution is -2.47. The first-order chi connectivity index (χ1) is 12.1. The van der Waals surface area contributed by atoms with Crippen molar-refractivity contribution in [3.8, 4) is 0 Å². The van der Waals surface area contributed by atoms with Gasteiger partial charge in [-0.15, -0.1) is 0 Å². The summed E-state index contributed by atoms with van der Waals surface area (Å²) in [6.45, 7) is 2.38. The van der Waals surface area contributed by atoms with Crippen LogP contribution in [0.25, 0.3) is 0 Å². The molecule has 1 aliphatic heterocycles. The summed E-state index contributed by atoms with van der Waals surface area (Å²) in [6, 6.07) is 0. The maximum Gasteiger partial charge on any atom is 0.334 e. The van der Waals surface area contributed by atoms with Gasteiger partial charge in [-0.2, -0.15) is 0 Å². The zero-order valence-corrected chi connectivity index (χ0v) is 15.3. The van der Waals surface area contributed by atoms with Gasteiger partial charge in [0.25, 0.3) is 0 Å². The average molecular weight is 352 g/mol. The number of ether oxygens (including phenoxy) is 3. The highest BCUT2D eigenvalue weighted by Gasteiger charge is 2.62. The van der Waals surface area contributed by atoms with Crippen molar-refractivity contribution in [2.24, 2.45) is 23.2 Å². The largest absolute Gasteiger partial charge is 0.434 e. The molecule has 5 heteroatoms. The minimum absolute atomic E-state index is 0.0711. The summed E-state index contributed by atoms with van der Waals surface area (Å²) >= 11 is 0. The van der Waals surface area contributed by atoms with Gasteiger partial charge in [-0.1, -0.05) is 6.42 Å². The first-order valence-corrected chi connectivity index (χ1v) is 10.2. The van der Waals surface area contributed by atoms with Crippen LogP contribution in [0.1, 0.15) is 64.7 Å². The van der Waals surface area contributed by atoms with Crippen LogP contribution >= 0.6 is 0 Å². The number of esters is 1. The van der Waals surface area contributed by atoms with Gasteiger partial charge in [0.2, 0.25) is 6.29 Å². The molecule has 0 aromatic rings. The molecule has 1 N–H and O–H groups in total. The fraction of sp³-hybridized carbons (Fsp3) is 0.950. The monoisotopic (exact) mass is 352 g/mol. The molecule has 7 unspecified atom stereocenters. The highest BCUT2D eigenvalue weighted by molar-refractivity contribution is 5.70. The second-order valence-corrected chi connectivity index (χ2v) is 8.70. The van der Waals surface area contributed by atoms with Crippen LogP contribution < -0.4 is 0 Å². The number of carbonyl (C=O) groups is 1. The van der Waals surface area contributed by atoms with Gasteiger partial charge in [0.1, 0.15) is 6.61 Å². The Labute approximate surface area is 150 Å². The van der Waals surface area contributed by atoms with E-state index >= 15 is 0 Å². The van der Waals surface area contributed by atoms with Crippen LogP contribution in [0.5, 0.6) is 0 Å². The van der Waals surface area contributed by atoms with Crippen molar-refractivity contribution in [3.05, 3.63) is 0 Å². The molecule has 7 atom stereocenters. The number of carbonyl (C=O) groups excluding carboxylic acids is 1. The predicted octanol–water partition coefficient (Wildman–Crippen LogP) is 3.04. The summed E-state index contributed by atoms with van der Waals surface area (Å²) in [5, 5.41) is 10.4. The zero-order valence-electron chi connectivity index (χ0n) is 15.3. The maximum atomic E-state index is 12.2. The lowest BCUT2D eigenvalue weighted by atomic mass is 9.67. The molecule has 4 aliphatic rings. The van der Waals surface area contributed by atoms with Gasteiger partial charge in [-0.3, -0.25) is 0 Å². The molecule has 0 spiro atoms. The molecule has 0 radical (unpaired) electrons. The maximum absolute atomic E-state index is 12.2. The normalized spacial score (nSPS) is 42.2. The van der Waals surface area contributed by atoms with Crippen LogP contribution in [0.4, 0.5) is 0 Å². The molecule has 3 saturated carbocycles. The Bertz CT molecular complexity index is 486. The van der Waals surface area contributed by atoms with E-state index in [0.717, 1.165) is 37.5 Å². The molecule has 1 saturated heterocycles. The first-order valence-electron chi connectivity index (χ1n) is 10.2. The summed E-state index contributed by atoms with van der Waals surface area (Å²) in [7, 11) is 0. The Balaban J connectivity index is 1.37. The van der Waals surface area contributed by atoms with E-state index in [1.54, 1.807) is 0 Å². The standard InChI is InChI=1S/C20H32O5/c1-13(21)19(24-12-17(22)25-18-7-2-3-10-23-18)20-9-8-14(11-20)15-5-4-6-16(15)20/h13-16,18-19,21H,2-12H2,1H3. The van der Waals surface area contributed by atoms with Crippen molar-refractivity contribution in [2.45, 2.75) is 83.2 Å². The Morgan fingerprint density at radius 2 is 2.12 bits per heavy atom. The molecule has 0 aromatic carbocycles. The van der Waals surface area contributed by atoms with Crippen molar-refractivity contribution < 1.29 is 24.1 Å². The minimum Gasteiger partial charge on any atom is -0.434 e. The topological polar surface area (TPSA) is 65.0 Å². The molecule has 5 nitrogen and oxygen atoms in total. The Hall–Kier alpha value is -0.650. The number of aliphatic hydroxyl groups excluding tert-OH is 1. The highest BCUT2D eigenvalue weighted by atomic mass is 16.7. The molecule has 0 amide bonds. The van der Waals surface area contributed by atoms with Crippen LogP contribution in [-0.4, -0.2) is 42.8 Å². The van der Waals surface area contributed by atoms with Gasteiger partial charge in [0.15, 0.2) is 0 Å². The number of fused-ring (bicyclic) bond motifs is 5. The molecule has 4 fully saturated rings. The Kier molecular flexibility index (Phi) is 5.09. The van der Waals surface area contributed by atoms with Crippen LogP contribution in [0.2, 0.25) is 0 Å². The van der Waals surface area contributed by atoms with Gasteiger partial charge in [0.05, 0.1) is 18.8 Å². The van der Waals surface area contributed by atoms with Crippen LogP contribution in [-0.2, 0) is 19.0 Å². The van der Waals surface area contributed by atoms with Gasteiger partial charge < -0.3 is 19.3 Å². The fourth-order valence-corrected chi connectivity index (χ4v) is 6.51. The fourth-order valence-electron chi connectivity index (χ4n) is 6.51. The first kappa shape index (κ1) is 17.7. The van der Waals surface area contributed by atoms with Crippen molar-refractivity contribution in [1.82, 2.24) is 0 Å². The van der Waals surface area contributed by atoms with Crippen LogP contribution in [0.15, 0.2) is 0 Å². The van der Waals surface area contributed by atoms with Gasteiger partial charge in [-0.05, 0) is 69.6 Å². The predicted molar refractivity (Wildman–Crippen MR) is 91.7 cm³/mol. The molecular formula is C20H32O5. The van der Waals surface area contributed by atoms with Crippen LogP contribution in [0.3, 0.4) is 0 Å². The van der Waals surface area contributed by atoms with Gasteiger partial charge in [-0.25, -0.2) is 4.79 Å². The molecule has 1 heterocycles. The van der Waals surface area contributed by atoms with Crippen molar-refractivity contribution >= 4 is 5.97 Å². The summed E-state index contributed by atoms with van der Waals surface area (Å²) in [6.07, 6.45) is 9.05. The summed E-state index contributed by atoms with van der Waals surface area (Å²) < 4.78 is 16.9.